The van der Waals surface area contributed by atoms with Crippen LogP contribution in [0.25, 0.3) is 0 Å². The third-order valence-corrected chi connectivity index (χ3v) is 3.61. The minimum absolute atomic E-state index is 0.466. The summed E-state index contributed by atoms with van der Waals surface area (Å²) in [5, 5.41) is 4.12. The van der Waals surface area contributed by atoms with Gasteiger partial charge in [-0.05, 0) is 25.0 Å². The minimum Gasteiger partial charge on any atom is -0.351 e. The topological polar surface area (TPSA) is 28.2 Å². The zero-order valence-corrected chi connectivity index (χ0v) is 12.7. The number of nitrogens with zero attached hydrogens (tertiary/aromatic N) is 2. The molecule has 1 aliphatic rings. The third kappa shape index (κ3) is 3.95. The first-order chi connectivity index (χ1) is 9.06. The number of halogens is 1. The van der Waals surface area contributed by atoms with E-state index in [1.165, 1.54) is 5.57 Å². The van der Waals surface area contributed by atoms with Gasteiger partial charge in [-0.25, -0.2) is 4.98 Å². The SMILES string of the molecule is CC1=CCN(c2ncc(CNC(C)C)cc2Cl)CC1. The fourth-order valence-corrected chi connectivity index (χ4v) is 2.39. The van der Waals surface area contributed by atoms with Crippen molar-refractivity contribution in [3.05, 3.63) is 34.5 Å². The van der Waals surface area contributed by atoms with Crippen LogP contribution in [0.3, 0.4) is 0 Å². The van der Waals surface area contributed by atoms with E-state index in [2.05, 4.69) is 42.0 Å². The van der Waals surface area contributed by atoms with Crippen molar-refractivity contribution in [1.29, 1.82) is 0 Å². The normalized spacial score (nSPS) is 15.8. The summed E-state index contributed by atoms with van der Waals surface area (Å²) < 4.78 is 0. The van der Waals surface area contributed by atoms with Crippen molar-refractivity contribution in [2.45, 2.75) is 39.8 Å². The molecule has 0 saturated carbocycles. The van der Waals surface area contributed by atoms with Crippen molar-refractivity contribution in [3.63, 3.8) is 0 Å². The van der Waals surface area contributed by atoms with Gasteiger partial charge in [0, 0.05) is 31.9 Å². The second-order valence-corrected chi connectivity index (χ2v) is 5.84. The van der Waals surface area contributed by atoms with Gasteiger partial charge in [0.1, 0.15) is 5.82 Å². The van der Waals surface area contributed by atoms with E-state index in [0.717, 1.165) is 42.5 Å². The standard InChI is InChI=1S/C15H22ClN3/c1-11(2)17-9-13-8-14(16)15(18-10-13)19-6-4-12(3)5-7-19/h4,8,10-11,17H,5-7,9H2,1-3H3. The first kappa shape index (κ1) is 14.4. The van der Waals surface area contributed by atoms with Gasteiger partial charge in [0.15, 0.2) is 0 Å². The molecule has 0 atom stereocenters. The van der Waals surface area contributed by atoms with Crippen LogP contribution in [-0.2, 0) is 6.54 Å². The zero-order chi connectivity index (χ0) is 13.8. The molecule has 0 radical (unpaired) electrons. The molecule has 4 heteroatoms. The molecule has 1 N–H and O–H groups in total. The van der Waals surface area contributed by atoms with Crippen molar-refractivity contribution in [2.24, 2.45) is 0 Å². The first-order valence-electron chi connectivity index (χ1n) is 6.84. The average molecular weight is 280 g/mol. The molecule has 0 spiro atoms. The van der Waals surface area contributed by atoms with Crippen LogP contribution in [0, 0.1) is 0 Å². The predicted octanol–water partition coefficient (Wildman–Crippen LogP) is 3.39. The number of anilines is 1. The molecule has 0 aromatic carbocycles. The number of nitrogens with one attached hydrogen (secondary N) is 1. The lowest BCUT2D eigenvalue weighted by Gasteiger charge is -2.27. The predicted molar refractivity (Wildman–Crippen MR) is 81.8 cm³/mol. The molecule has 0 saturated heterocycles. The van der Waals surface area contributed by atoms with Gasteiger partial charge in [0.05, 0.1) is 5.02 Å². The van der Waals surface area contributed by atoms with Gasteiger partial charge in [0.25, 0.3) is 0 Å². The quantitative estimate of drug-likeness (QED) is 0.857. The molecule has 0 bridgehead atoms. The number of hydrogen-bond donors (Lipinski definition) is 1. The Hall–Kier alpha value is -1.06. The van der Waals surface area contributed by atoms with E-state index in [0.29, 0.717) is 6.04 Å². The molecule has 0 amide bonds. The first-order valence-corrected chi connectivity index (χ1v) is 7.22. The van der Waals surface area contributed by atoms with Crippen LogP contribution in [-0.4, -0.2) is 24.1 Å². The highest BCUT2D eigenvalue weighted by molar-refractivity contribution is 6.33. The molecule has 104 valence electrons. The van der Waals surface area contributed by atoms with Gasteiger partial charge in [-0.2, -0.15) is 0 Å². The van der Waals surface area contributed by atoms with Crippen molar-refractivity contribution in [3.8, 4) is 0 Å². The molecule has 0 fully saturated rings. The second kappa shape index (κ2) is 6.40. The zero-order valence-electron chi connectivity index (χ0n) is 11.9. The van der Waals surface area contributed by atoms with Crippen LogP contribution in [0.1, 0.15) is 32.8 Å². The van der Waals surface area contributed by atoms with Crippen LogP contribution in [0.15, 0.2) is 23.9 Å². The largest absolute Gasteiger partial charge is 0.351 e. The Kier molecular flexibility index (Phi) is 4.83. The van der Waals surface area contributed by atoms with Crippen LogP contribution in [0.2, 0.25) is 5.02 Å². The molecule has 0 aliphatic carbocycles. The molecule has 2 rings (SSSR count). The minimum atomic E-state index is 0.466. The summed E-state index contributed by atoms with van der Waals surface area (Å²) in [4.78, 5) is 6.76. The third-order valence-electron chi connectivity index (χ3n) is 3.33. The van der Waals surface area contributed by atoms with Gasteiger partial charge < -0.3 is 10.2 Å². The summed E-state index contributed by atoms with van der Waals surface area (Å²) in [5.74, 6) is 0.902. The lowest BCUT2D eigenvalue weighted by atomic mass is 10.1. The summed E-state index contributed by atoms with van der Waals surface area (Å²) in [6.07, 6.45) is 5.26. The van der Waals surface area contributed by atoms with E-state index < -0.39 is 0 Å². The molecule has 2 heterocycles. The smallest absolute Gasteiger partial charge is 0.147 e. The van der Waals surface area contributed by atoms with E-state index in [-0.39, 0.29) is 0 Å². The average Bonchev–Trinajstić information content (AvgIpc) is 2.38. The van der Waals surface area contributed by atoms with E-state index in [1.807, 2.05) is 12.3 Å². The maximum absolute atomic E-state index is 6.36. The van der Waals surface area contributed by atoms with Gasteiger partial charge >= 0.3 is 0 Å². The Morgan fingerprint density at radius 2 is 2.26 bits per heavy atom. The monoisotopic (exact) mass is 279 g/mol. The number of rotatable bonds is 4. The Balaban J connectivity index is 2.07. The van der Waals surface area contributed by atoms with Gasteiger partial charge in [-0.3, -0.25) is 0 Å². The summed E-state index contributed by atoms with van der Waals surface area (Å²) in [5.41, 5.74) is 2.58. The van der Waals surface area contributed by atoms with Crippen LogP contribution in [0.4, 0.5) is 5.82 Å². The number of aromatic nitrogens is 1. The van der Waals surface area contributed by atoms with Crippen molar-refractivity contribution < 1.29 is 0 Å². The highest BCUT2D eigenvalue weighted by Gasteiger charge is 2.14. The Bertz CT molecular complexity index is 468. The fraction of sp³-hybridized carbons (Fsp3) is 0.533. The molecule has 1 aliphatic heterocycles. The Morgan fingerprint density at radius 1 is 1.47 bits per heavy atom. The summed E-state index contributed by atoms with van der Waals surface area (Å²) in [6, 6.07) is 2.48. The number of hydrogen-bond acceptors (Lipinski definition) is 3. The molecule has 1 aromatic rings. The van der Waals surface area contributed by atoms with Crippen LogP contribution < -0.4 is 10.2 Å². The lowest BCUT2D eigenvalue weighted by Crippen LogP contribution is -2.29. The van der Waals surface area contributed by atoms with Crippen molar-refractivity contribution in [2.75, 3.05) is 18.0 Å². The molecule has 1 aromatic heterocycles. The summed E-state index contributed by atoms with van der Waals surface area (Å²) in [6.45, 7) is 9.15. The number of pyridine rings is 1. The fourth-order valence-electron chi connectivity index (χ4n) is 2.08. The highest BCUT2D eigenvalue weighted by atomic mass is 35.5. The Labute approximate surface area is 120 Å². The molecular weight excluding hydrogens is 258 g/mol. The van der Waals surface area contributed by atoms with Crippen molar-refractivity contribution in [1.82, 2.24) is 10.3 Å². The van der Waals surface area contributed by atoms with Crippen LogP contribution in [0.5, 0.6) is 0 Å². The molecule has 19 heavy (non-hydrogen) atoms. The lowest BCUT2D eigenvalue weighted by molar-refractivity contribution is 0.588. The maximum Gasteiger partial charge on any atom is 0.147 e. The van der Waals surface area contributed by atoms with E-state index in [1.54, 1.807) is 0 Å². The highest BCUT2D eigenvalue weighted by Crippen LogP contribution is 2.26. The van der Waals surface area contributed by atoms with E-state index in [9.17, 15) is 0 Å². The molecule has 0 unspecified atom stereocenters. The van der Waals surface area contributed by atoms with Gasteiger partial charge in [-0.15, -0.1) is 0 Å². The summed E-state index contributed by atoms with van der Waals surface area (Å²) >= 11 is 6.36. The molecule has 3 nitrogen and oxygen atoms in total. The van der Waals surface area contributed by atoms with E-state index in [4.69, 9.17) is 11.6 Å². The van der Waals surface area contributed by atoms with E-state index >= 15 is 0 Å². The summed E-state index contributed by atoms with van der Waals surface area (Å²) in [7, 11) is 0. The Morgan fingerprint density at radius 3 is 2.84 bits per heavy atom. The van der Waals surface area contributed by atoms with Gasteiger partial charge in [0.2, 0.25) is 0 Å². The maximum atomic E-state index is 6.36. The van der Waals surface area contributed by atoms with Crippen LogP contribution >= 0.6 is 11.6 Å². The van der Waals surface area contributed by atoms with Crippen molar-refractivity contribution >= 4 is 17.4 Å². The second-order valence-electron chi connectivity index (χ2n) is 5.43. The van der Waals surface area contributed by atoms with Gasteiger partial charge in [-0.1, -0.05) is 37.1 Å². The molecular formula is C15H22ClN3.